The number of anilines is 2. The quantitative estimate of drug-likeness (QED) is 0.223. The van der Waals surface area contributed by atoms with Crippen molar-refractivity contribution >= 4 is 34.9 Å². The van der Waals surface area contributed by atoms with Crippen molar-refractivity contribution in [2.75, 3.05) is 17.2 Å². The van der Waals surface area contributed by atoms with Gasteiger partial charge in [0.25, 0.3) is 5.91 Å². The number of nitrogens with one attached hydrogen (secondary N) is 2. The van der Waals surface area contributed by atoms with Crippen LogP contribution in [0.1, 0.15) is 35.7 Å². The van der Waals surface area contributed by atoms with Crippen LogP contribution in [0.3, 0.4) is 0 Å². The summed E-state index contributed by atoms with van der Waals surface area (Å²) >= 11 is 5.56. The number of esters is 1. The fourth-order valence-corrected chi connectivity index (χ4v) is 2.72. The van der Waals surface area contributed by atoms with E-state index < -0.39 is 34.2 Å². The second kappa shape index (κ2) is 11.2. The summed E-state index contributed by atoms with van der Waals surface area (Å²) in [5.41, 5.74) is -1.24. The SMILES string of the molecule is CCCCOC(=O)c1ccccc1N/C=C(/C#N)C(=O)Nc1ccc(Cl)c(C(F)(F)F)c1. The summed E-state index contributed by atoms with van der Waals surface area (Å²) in [7, 11) is 0. The molecule has 0 aliphatic heterocycles. The molecular formula is C22H19ClF3N3O3. The first-order valence-corrected chi connectivity index (χ1v) is 9.86. The molecule has 0 aromatic heterocycles. The molecule has 1 amide bonds. The lowest BCUT2D eigenvalue weighted by Crippen LogP contribution is -2.16. The summed E-state index contributed by atoms with van der Waals surface area (Å²) in [6.45, 7) is 2.21. The van der Waals surface area contributed by atoms with E-state index in [1.54, 1.807) is 24.3 Å². The lowest BCUT2D eigenvalue weighted by atomic mass is 10.1. The number of ether oxygens (including phenoxy) is 1. The van der Waals surface area contributed by atoms with Crippen LogP contribution < -0.4 is 10.6 Å². The predicted octanol–water partition coefficient (Wildman–Crippen LogP) is 5.77. The van der Waals surface area contributed by atoms with Crippen LogP contribution in [-0.2, 0) is 15.7 Å². The lowest BCUT2D eigenvalue weighted by Gasteiger charge is -2.12. The maximum atomic E-state index is 13.0. The molecule has 168 valence electrons. The van der Waals surface area contributed by atoms with Crippen LogP contribution in [0, 0.1) is 11.3 Å². The van der Waals surface area contributed by atoms with Crippen molar-refractivity contribution < 1.29 is 27.5 Å². The van der Waals surface area contributed by atoms with E-state index in [2.05, 4.69) is 10.6 Å². The average Bonchev–Trinajstić information content (AvgIpc) is 2.75. The van der Waals surface area contributed by atoms with E-state index in [0.29, 0.717) is 18.2 Å². The van der Waals surface area contributed by atoms with E-state index in [-0.39, 0.29) is 17.9 Å². The van der Waals surface area contributed by atoms with Gasteiger partial charge in [-0.2, -0.15) is 18.4 Å². The van der Waals surface area contributed by atoms with Gasteiger partial charge in [-0.25, -0.2) is 4.79 Å². The molecule has 0 aliphatic rings. The minimum Gasteiger partial charge on any atom is -0.462 e. The van der Waals surface area contributed by atoms with Gasteiger partial charge < -0.3 is 15.4 Å². The third-order valence-corrected chi connectivity index (χ3v) is 4.47. The van der Waals surface area contributed by atoms with Crippen molar-refractivity contribution in [3.8, 4) is 6.07 Å². The van der Waals surface area contributed by atoms with Crippen molar-refractivity contribution in [3.63, 3.8) is 0 Å². The topological polar surface area (TPSA) is 91.2 Å². The highest BCUT2D eigenvalue weighted by molar-refractivity contribution is 6.31. The number of carbonyl (C=O) groups is 2. The van der Waals surface area contributed by atoms with E-state index in [1.807, 2.05) is 6.92 Å². The number of amides is 1. The smallest absolute Gasteiger partial charge is 0.417 e. The number of hydrogen-bond acceptors (Lipinski definition) is 5. The van der Waals surface area contributed by atoms with Crippen molar-refractivity contribution in [3.05, 3.63) is 70.4 Å². The van der Waals surface area contributed by atoms with Gasteiger partial charge in [-0.3, -0.25) is 4.79 Å². The maximum Gasteiger partial charge on any atom is 0.417 e. The molecule has 0 saturated heterocycles. The van der Waals surface area contributed by atoms with Gasteiger partial charge in [0.2, 0.25) is 0 Å². The number of unbranched alkanes of at least 4 members (excludes halogenated alkanes) is 1. The molecule has 0 radical (unpaired) electrons. The summed E-state index contributed by atoms with van der Waals surface area (Å²) < 4.78 is 44.1. The van der Waals surface area contributed by atoms with Gasteiger partial charge in [0.05, 0.1) is 28.4 Å². The number of nitriles is 1. The Morgan fingerprint density at radius 3 is 2.59 bits per heavy atom. The summed E-state index contributed by atoms with van der Waals surface area (Å²) in [6, 6.07) is 10.8. The van der Waals surface area contributed by atoms with Gasteiger partial charge in [0.1, 0.15) is 11.6 Å². The van der Waals surface area contributed by atoms with Crippen molar-refractivity contribution in [2.45, 2.75) is 25.9 Å². The van der Waals surface area contributed by atoms with Gasteiger partial charge in [-0.05, 0) is 36.8 Å². The lowest BCUT2D eigenvalue weighted by molar-refractivity contribution is -0.137. The molecule has 2 rings (SSSR count). The van der Waals surface area contributed by atoms with Crippen LogP contribution >= 0.6 is 11.6 Å². The second-order valence-corrected chi connectivity index (χ2v) is 6.90. The van der Waals surface area contributed by atoms with Crippen molar-refractivity contribution in [2.24, 2.45) is 0 Å². The molecule has 0 aliphatic carbocycles. The highest BCUT2D eigenvalue weighted by Crippen LogP contribution is 2.36. The standard InChI is InChI=1S/C22H19ClF3N3O3/c1-2-3-10-32-21(31)16-6-4-5-7-19(16)28-13-14(12-27)20(30)29-15-8-9-18(23)17(11-15)22(24,25)26/h4-9,11,13,28H,2-3,10H2,1H3,(H,29,30)/b14-13-. The molecule has 6 nitrogen and oxygen atoms in total. The van der Waals surface area contributed by atoms with E-state index in [1.165, 1.54) is 12.1 Å². The highest BCUT2D eigenvalue weighted by Gasteiger charge is 2.33. The molecule has 0 spiro atoms. The Kier molecular flexibility index (Phi) is 8.67. The number of para-hydroxylation sites is 1. The molecule has 0 fully saturated rings. The molecule has 10 heteroatoms. The van der Waals surface area contributed by atoms with Crippen LogP contribution in [0.4, 0.5) is 24.5 Å². The molecular weight excluding hydrogens is 447 g/mol. The molecule has 0 unspecified atom stereocenters. The Morgan fingerprint density at radius 2 is 1.94 bits per heavy atom. The number of halogens is 4. The summed E-state index contributed by atoms with van der Waals surface area (Å²) in [4.78, 5) is 24.6. The summed E-state index contributed by atoms with van der Waals surface area (Å²) in [5, 5.41) is 13.7. The van der Waals surface area contributed by atoms with Crippen LogP contribution in [0.25, 0.3) is 0 Å². The monoisotopic (exact) mass is 465 g/mol. The van der Waals surface area contributed by atoms with E-state index >= 15 is 0 Å². The van der Waals surface area contributed by atoms with Crippen LogP contribution in [0.15, 0.2) is 54.2 Å². The number of rotatable bonds is 8. The number of nitrogens with zero attached hydrogens (tertiary/aromatic N) is 1. The normalized spacial score (nSPS) is 11.4. The van der Waals surface area contributed by atoms with Crippen LogP contribution in [-0.4, -0.2) is 18.5 Å². The summed E-state index contributed by atoms with van der Waals surface area (Å²) in [5.74, 6) is -1.52. The van der Waals surface area contributed by atoms with E-state index in [9.17, 15) is 28.0 Å². The molecule has 2 aromatic rings. The zero-order valence-electron chi connectivity index (χ0n) is 16.9. The number of benzene rings is 2. The van der Waals surface area contributed by atoms with Crippen LogP contribution in [0.5, 0.6) is 0 Å². The molecule has 0 saturated carbocycles. The highest BCUT2D eigenvalue weighted by atomic mass is 35.5. The first kappa shape index (κ1) is 24.8. The first-order chi connectivity index (χ1) is 15.2. The first-order valence-electron chi connectivity index (χ1n) is 9.48. The number of carbonyl (C=O) groups excluding carboxylic acids is 2. The maximum absolute atomic E-state index is 13.0. The van der Waals surface area contributed by atoms with Crippen LogP contribution in [0.2, 0.25) is 5.02 Å². The molecule has 2 aromatic carbocycles. The van der Waals surface area contributed by atoms with Gasteiger partial charge in [-0.15, -0.1) is 0 Å². The second-order valence-electron chi connectivity index (χ2n) is 6.50. The summed E-state index contributed by atoms with van der Waals surface area (Å²) in [6.07, 6.45) is -2.09. The minimum absolute atomic E-state index is 0.187. The molecule has 2 N–H and O–H groups in total. The largest absolute Gasteiger partial charge is 0.462 e. The number of hydrogen-bond donors (Lipinski definition) is 2. The fourth-order valence-electron chi connectivity index (χ4n) is 2.49. The predicted molar refractivity (Wildman–Crippen MR) is 114 cm³/mol. The molecule has 0 atom stereocenters. The van der Waals surface area contributed by atoms with Crippen molar-refractivity contribution in [1.29, 1.82) is 5.26 Å². The van der Waals surface area contributed by atoms with E-state index in [4.69, 9.17) is 16.3 Å². The third kappa shape index (κ3) is 6.75. The third-order valence-electron chi connectivity index (χ3n) is 4.14. The average molecular weight is 466 g/mol. The van der Waals surface area contributed by atoms with Gasteiger partial charge >= 0.3 is 12.1 Å². The number of alkyl halides is 3. The Bertz CT molecular complexity index is 1060. The Labute approximate surface area is 187 Å². The minimum atomic E-state index is -4.71. The Hall–Kier alpha value is -3.51. The van der Waals surface area contributed by atoms with Gasteiger partial charge in [-0.1, -0.05) is 37.1 Å². The van der Waals surface area contributed by atoms with Crippen molar-refractivity contribution in [1.82, 2.24) is 0 Å². The Morgan fingerprint density at radius 1 is 1.22 bits per heavy atom. The zero-order valence-corrected chi connectivity index (χ0v) is 17.7. The molecule has 0 bridgehead atoms. The fraction of sp³-hybridized carbons (Fsp3) is 0.227. The Balaban J connectivity index is 2.17. The zero-order chi connectivity index (χ0) is 23.7. The molecule has 32 heavy (non-hydrogen) atoms. The molecule has 0 heterocycles. The van der Waals surface area contributed by atoms with Gasteiger partial charge in [0, 0.05) is 11.9 Å². The van der Waals surface area contributed by atoms with Gasteiger partial charge in [0.15, 0.2) is 0 Å². The van der Waals surface area contributed by atoms with E-state index in [0.717, 1.165) is 18.7 Å².